The summed E-state index contributed by atoms with van der Waals surface area (Å²) in [6.07, 6.45) is -4.71. The SMILES string of the molecule is O=C(Cc1cccc(Br)c1)NCc1ccc(NC(=O)C(F)(F)F)cc1. The third kappa shape index (κ3) is 6.22. The van der Waals surface area contributed by atoms with Crippen molar-refractivity contribution in [1.82, 2.24) is 5.32 Å². The quantitative estimate of drug-likeness (QED) is 0.781. The monoisotopic (exact) mass is 414 g/mol. The molecule has 8 heteroatoms. The second kappa shape index (κ2) is 8.15. The lowest BCUT2D eigenvalue weighted by atomic mass is 10.1. The fourth-order valence-electron chi connectivity index (χ4n) is 2.00. The zero-order valence-corrected chi connectivity index (χ0v) is 14.4. The molecule has 2 aromatic rings. The molecule has 0 saturated carbocycles. The molecule has 0 aliphatic carbocycles. The molecule has 0 heterocycles. The van der Waals surface area contributed by atoms with E-state index in [1.807, 2.05) is 24.3 Å². The van der Waals surface area contributed by atoms with Gasteiger partial charge in [0.25, 0.3) is 0 Å². The van der Waals surface area contributed by atoms with Crippen molar-refractivity contribution < 1.29 is 22.8 Å². The Morgan fingerprint density at radius 1 is 1.00 bits per heavy atom. The second-order valence-corrected chi connectivity index (χ2v) is 6.15. The third-order valence-corrected chi connectivity index (χ3v) is 3.71. The molecule has 0 aromatic heterocycles. The number of rotatable bonds is 5. The summed E-state index contributed by atoms with van der Waals surface area (Å²) in [4.78, 5) is 22.7. The van der Waals surface area contributed by atoms with Gasteiger partial charge in [-0.2, -0.15) is 13.2 Å². The number of nitrogens with one attached hydrogen (secondary N) is 2. The van der Waals surface area contributed by atoms with Gasteiger partial charge in [-0.15, -0.1) is 0 Å². The summed E-state index contributed by atoms with van der Waals surface area (Å²) in [5.41, 5.74) is 1.59. The van der Waals surface area contributed by atoms with E-state index in [0.29, 0.717) is 5.56 Å². The zero-order chi connectivity index (χ0) is 18.4. The van der Waals surface area contributed by atoms with E-state index >= 15 is 0 Å². The Balaban J connectivity index is 1.85. The van der Waals surface area contributed by atoms with Crippen molar-refractivity contribution in [3.63, 3.8) is 0 Å². The van der Waals surface area contributed by atoms with Crippen molar-refractivity contribution in [2.24, 2.45) is 0 Å². The summed E-state index contributed by atoms with van der Waals surface area (Å²) in [6, 6.07) is 13.1. The molecule has 25 heavy (non-hydrogen) atoms. The number of hydrogen-bond acceptors (Lipinski definition) is 2. The van der Waals surface area contributed by atoms with E-state index in [4.69, 9.17) is 0 Å². The van der Waals surface area contributed by atoms with Crippen LogP contribution in [-0.2, 0) is 22.6 Å². The third-order valence-electron chi connectivity index (χ3n) is 3.21. The maximum Gasteiger partial charge on any atom is 0.471 e. The smallest absolute Gasteiger partial charge is 0.352 e. The minimum Gasteiger partial charge on any atom is -0.352 e. The molecule has 2 amide bonds. The molecule has 0 radical (unpaired) electrons. The fourth-order valence-corrected chi connectivity index (χ4v) is 2.45. The molecular weight excluding hydrogens is 401 g/mol. The molecule has 0 bridgehead atoms. The topological polar surface area (TPSA) is 58.2 Å². The van der Waals surface area contributed by atoms with E-state index in [9.17, 15) is 22.8 Å². The minimum atomic E-state index is -4.93. The van der Waals surface area contributed by atoms with Crippen LogP contribution in [0.2, 0.25) is 0 Å². The van der Waals surface area contributed by atoms with Crippen LogP contribution in [-0.4, -0.2) is 18.0 Å². The first-order chi connectivity index (χ1) is 11.7. The Morgan fingerprint density at radius 3 is 2.28 bits per heavy atom. The van der Waals surface area contributed by atoms with Crippen LogP contribution in [0.5, 0.6) is 0 Å². The number of carbonyl (C=O) groups excluding carboxylic acids is 2. The first-order valence-electron chi connectivity index (χ1n) is 7.22. The predicted molar refractivity (Wildman–Crippen MR) is 90.8 cm³/mol. The van der Waals surface area contributed by atoms with Gasteiger partial charge in [-0.25, -0.2) is 0 Å². The van der Waals surface area contributed by atoms with Crippen molar-refractivity contribution >= 4 is 33.4 Å². The molecule has 0 saturated heterocycles. The summed E-state index contributed by atoms with van der Waals surface area (Å²) in [7, 11) is 0. The highest BCUT2D eigenvalue weighted by Gasteiger charge is 2.38. The number of hydrogen-bond donors (Lipinski definition) is 2. The minimum absolute atomic E-state index is 0.0338. The number of benzene rings is 2. The molecule has 2 aromatic carbocycles. The number of halogens is 4. The van der Waals surface area contributed by atoms with Gasteiger partial charge >= 0.3 is 12.1 Å². The molecular formula is C17H14BrF3N2O2. The number of amides is 2. The molecule has 2 N–H and O–H groups in total. The molecule has 0 atom stereocenters. The van der Waals surface area contributed by atoms with Crippen molar-refractivity contribution in [2.75, 3.05) is 5.32 Å². The summed E-state index contributed by atoms with van der Waals surface area (Å²) < 4.78 is 37.4. The Hall–Kier alpha value is -2.35. The van der Waals surface area contributed by atoms with Gasteiger partial charge in [0.15, 0.2) is 0 Å². The van der Waals surface area contributed by atoms with Crippen LogP contribution in [0.25, 0.3) is 0 Å². The summed E-state index contributed by atoms with van der Waals surface area (Å²) >= 11 is 3.33. The highest BCUT2D eigenvalue weighted by atomic mass is 79.9. The van der Waals surface area contributed by atoms with Gasteiger partial charge in [0, 0.05) is 16.7 Å². The Kier molecular flexibility index (Phi) is 6.19. The van der Waals surface area contributed by atoms with Crippen LogP contribution in [0.15, 0.2) is 53.0 Å². The lowest BCUT2D eigenvalue weighted by molar-refractivity contribution is -0.167. The van der Waals surface area contributed by atoms with Crippen LogP contribution in [0.4, 0.5) is 18.9 Å². The molecule has 0 unspecified atom stereocenters. The predicted octanol–water partition coefficient (Wildman–Crippen LogP) is 3.81. The first kappa shape index (κ1) is 19.0. The molecule has 132 valence electrons. The van der Waals surface area contributed by atoms with Crippen LogP contribution < -0.4 is 10.6 Å². The summed E-state index contributed by atoms with van der Waals surface area (Å²) in [5, 5.41) is 4.49. The largest absolute Gasteiger partial charge is 0.471 e. The molecule has 0 fully saturated rings. The van der Waals surface area contributed by atoms with Crippen LogP contribution in [0.1, 0.15) is 11.1 Å². The van der Waals surface area contributed by atoms with Crippen LogP contribution >= 0.6 is 15.9 Å². The zero-order valence-electron chi connectivity index (χ0n) is 12.9. The standard InChI is InChI=1S/C17H14BrF3N2O2/c18-13-3-1-2-12(8-13)9-15(24)22-10-11-4-6-14(7-5-11)23-16(25)17(19,20)21/h1-8H,9-10H2,(H,22,24)(H,23,25). The van der Waals surface area contributed by atoms with Crippen molar-refractivity contribution in [1.29, 1.82) is 0 Å². The van der Waals surface area contributed by atoms with E-state index in [1.54, 1.807) is 5.32 Å². The lowest BCUT2D eigenvalue weighted by Gasteiger charge is -2.09. The van der Waals surface area contributed by atoms with Gasteiger partial charge in [-0.05, 0) is 35.4 Å². The molecule has 4 nitrogen and oxygen atoms in total. The van der Waals surface area contributed by atoms with E-state index in [0.717, 1.165) is 10.0 Å². The lowest BCUT2D eigenvalue weighted by Crippen LogP contribution is -2.29. The van der Waals surface area contributed by atoms with E-state index in [-0.39, 0.29) is 24.6 Å². The van der Waals surface area contributed by atoms with E-state index in [2.05, 4.69) is 21.2 Å². The van der Waals surface area contributed by atoms with E-state index in [1.165, 1.54) is 24.3 Å². The summed E-state index contributed by atoms with van der Waals surface area (Å²) in [6.45, 7) is 0.236. The maximum atomic E-state index is 12.2. The van der Waals surface area contributed by atoms with Gasteiger partial charge < -0.3 is 10.6 Å². The van der Waals surface area contributed by atoms with Crippen molar-refractivity contribution in [2.45, 2.75) is 19.1 Å². The fraction of sp³-hybridized carbons (Fsp3) is 0.176. The Bertz CT molecular complexity index is 761. The highest BCUT2D eigenvalue weighted by molar-refractivity contribution is 9.10. The van der Waals surface area contributed by atoms with Crippen LogP contribution in [0.3, 0.4) is 0 Å². The molecule has 0 spiro atoms. The highest BCUT2D eigenvalue weighted by Crippen LogP contribution is 2.18. The van der Waals surface area contributed by atoms with Crippen molar-refractivity contribution in [3.8, 4) is 0 Å². The Labute approximate surface area is 150 Å². The van der Waals surface area contributed by atoms with Gasteiger partial charge in [0.1, 0.15) is 0 Å². The maximum absolute atomic E-state index is 12.2. The number of alkyl halides is 3. The van der Waals surface area contributed by atoms with Gasteiger partial charge in [-0.1, -0.05) is 40.2 Å². The molecule has 2 rings (SSSR count). The average molecular weight is 415 g/mol. The number of anilines is 1. The number of carbonyl (C=O) groups is 2. The van der Waals surface area contributed by atoms with Gasteiger partial charge in [0.2, 0.25) is 5.91 Å². The van der Waals surface area contributed by atoms with Crippen molar-refractivity contribution in [3.05, 3.63) is 64.1 Å². The average Bonchev–Trinajstić information content (AvgIpc) is 2.53. The van der Waals surface area contributed by atoms with Gasteiger partial charge in [0.05, 0.1) is 6.42 Å². The normalized spacial score (nSPS) is 11.0. The molecule has 0 aliphatic heterocycles. The second-order valence-electron chi connectivity index (χ2n) is 5.23. The van der Waals surface area contributed by atoms with E-state index < -0.39 is 12.1 Å². The first-order valence-corrected chi connectivity index (χ1v) is 8.01. The Morgan fingerprint density at radius 2 is 1.68 bits per heavy atom. The molecule has 0 aliphatic rings. The van der Waals surface area contributed by atoms with Gasteiger partial charge in [-0.3, -0.25) is 9.59 Å². The van der Waals surface area contributed by atoms with Crippen LogP contribution in [0, 0.1) is 0 Å². The summed E-state index contributed by atoms with van der Waals surface area (Å²) in [5.74, 6) is -2.20.